The molecule has 2 aromatic rings. The molecular weight excluding hydrogens is 398 g/mol. The third-order valence-electron chi connectivity index (χ3n) is 4.85. The maximum absolute atomic E-state index is 12.2. The molecule has 8 heteroatoms. The van der Waals surface area contributed by atoms with Gasteiger partial charge in [-0.05, 0) is 42.7 Å². The van der Waals surface area contributed by atoms with E-state index in [0.717, 1.165) is 17.7 Å². The summed E-state index contributed by atoms with van der Waals surface area (Å²) in [4.78, 5) is 49.2. The average molecular weight is 423 g/mol. The first kappa shape index (κ1) is 22.0. The van der Waals surface area contributed by atoms with Crippen molar-refractivity contribution in [1.29, 1.82) is 0 Å². The van der Waals surface area contributed by atoms with Crippen molar-refractivity contribution in [3.63, 3.8) is 0 Å². The predicted molar refractivity (Wildman–Crippen MR) is 114 cm³/mol. The number of carbonyl (C=O) groups is 4. The van der Waals surface area contributed by atoms with Crippen molar-refractivity contribution >= 4 is 29.4 Å². The lowest BCUT2D eigenvalue weighted by molar-refractivity contribution is -0.147. The zero-order chi connectivity index (χ0) is 22.1. The van der Waals surface area contributed by atoms with E-state index in [-0.39, 0.29) is 12.5 Å². The Balaban J connectivity index is 1.33. The molecular formula is C23H25N3O5. The van der Waals surface area contributed by atoms with Crippen molar-refractivity contribution in [2.24, 2.45) is 0 Å². The Bertz CT molecular complexity index is 928. The molecule has 3 rings (SSSR count). The van der Waals surface area contributed by atoms with Gasteiger partial charge in [-0.2, -0.15) is 0 Å². The fourth-order valence-electron chi connectivity index (χ4n) is 3.21. The first-order chi connectivity index (χ1) is 15.0. The number of amides is 3. The van der Waals surface area contributed by atoms with Gasteiger partial charge in [0, 0.05) is 30.8 Å². The van der Waals surface area contributed by atoms with Crippen molar-refractivity contribution in [2.75, 3.05) is 31.1 Å². The summed E-state index contributed by atoms with van der Waals surface area (Å²) in [6, 6.07) is 16.3. The van der Waals surface area contributed by atoms with Crippen LogP contribution in [0.4, 0.5) is 5.69 Å². The molecule has 0 spiro atoms. The zero-order valence-electron chi connectivity index (χ0n) is 17.1. The van der Waals surface area contributed by atoms with Crippen molar-refractivity contribution in [1.82, 2.24) is 10.6 Å². The highest BCUT2D eigenvalue weighted by molar-refractivity contribution is 5.98. The molecule has 0 aromatic heterocycles. The lowest BCUT2D eigenvalue weighted by Gasteiger charge is -2.15. The van der Waals surface area contributed by atoms with Gasteiger partial charge in [0.1, 0.15) is 6.54 Å². The van der Waals surface area contributed by atoms with Crippen molar-refractivity contribution in [3.05, 3.63) is 65.7 Å². The molecule has 1 aliphatic heterocycles. The molecule has 0 saturated carbocycles. The highest BCUT2D eigenvalue weighted by atomic mass is 16.5. The Hall–Kier alpha value is -3.68. The Morgan fingerprint density at radius 2 is 1.71 bits per heavy atom. The van der Waals surface area contributed by atoms with E-state index in [4.69, 9.17) is 4.74 Å². The van der Waals surface area contributed by atoms with Crippen LogP contribution in [0.3, 0.4) is 0 Å². The van der Waals surface area contributed by atoms with Crippen LogP contribution in [0.1, 0.15) is 28.8 Å². The second-order valence-electron chi connectivity index (χ2n) is 7.12. The summed E-state index contributed by atoms with van der Waals surface area (Å²) < 4.78 is 4.88. The Morgan fingerprint density at radius 3 is 2.39 bits per heavy atom. The van der Waals surface area contributed by atoms with Crippen molar-refractivity contribution in [2.45, 2.75) is 19.3 Å². The Morgan fingerprint density at radius 1 is 0.968 bits per heavy atom. The molecule has 0 atom stereocenters. The number of anilines is 1. The van der Waals surface area contributed by atoms with Crippen molar-refractivity contribution < 1.29 is 23.9 Å². The number of nitrogens with zero attached hydrogens (tertiary/aromatic N) is 1. The van der Waals surface area contributed by atoms with Crippen LogP contribution in [0.5, 0.6) is 0 Å². The largest absolute Gasteiger partial charge is 0.454 e. The van der Waals surface area contributed by atoms with Crippen LogP contribution in [0.15, 0.2) is 54.6 Å². The number of esters is 1. The van der Waals surface area contributed by atoms with Gasteiger partial charge in [0.15, 0.2) is 6.61 Å². The first-order valence-electron chi connectivity index (χ1n) is 10.2. The molecule has 162 valence electrons. The van der Waals surface area contributed by atoms with Gasteiger partial charge in [-0.25, -0.2) is 0 Å². The van der Waals surface area contributed by atoms with Crippen LogP contribution >= 0.6 is 0 Å². The summed E-state index contributed by atoms with van der Waals surface area (Å²) in [5.41, 5.74) is 2.21. The van der Waals surface area contributed by atoms with E-state index in [9.17, 15) is 19.2 Å². The van der Waals surface area contributed by atoms with Gasteiger partial charge in [0.25, 0.3) is 11.8 Å². The minimum Gasteiger partial charge on any atom is -0.454 e. The molecule has 1 fully saturated rings. The summed E-state index contributed by atoms with van der Waals surface area (Å²) >= 11 is 0. The minimum atomic E-state index is -0.703. The van der Waals surface area contributed by atoms with Gasteiger partial charge in [0.05, 0.1) is 0 Å². The number of ether oxygens (including phenoxy) is 1. The summed E-state index contributed by atoms with van der Waals surface area (Å²) in [5.74, 6) is -1.47. The summed E-state index contributed by atoms with van der Waals surface area (Å²) in [7, 11) is 0. The number of benzene rings is 2. The lowest BCUT2D eigenvalue weighted by Crippen LogP contribution is -2.34. The molecule has 0 radical (unpaired) electrons. The van der Waals surface area contributed by atoms with Crippen LogP contribution < -0.4 is 15.5 Å². The molecule has 8 nitrogen and oxygen atoms in total. The van der Waals surface area contributed by atoms with E-state index >= 15 is 0 Å². The minimum absolute atomic E-state index is 0.0732. The SMILES string of the molecule is O=C(COC(=O)CNC(=O)c1ccc(N2CCCC2=O)cc1)NCCc1ccccc1. The smallest absolute Gasteiger partial charge is 0.325 e. The van der Waals surface area contributed by atoms with Crippen LogP contribution in [0.2, 0.25) is 0 Å². The van der Waals surface area contributed by atoms with Gasteiger partial charge in [-0.15, -0.1) is 0 Å². The second-order valence-corrected chi connectivity index (χ2v) is 7.12. The Kier molecular flexibility index (Phi) is 7.75. The summed E-state index contributed by atoms with van der Waals surface area (Å²) in [6.07, 6.45) is 2.05. The molecule has 31 heavy (non-hydrogen) atoms. The molecule has 1 aliphatic rings. The van der Waals surface area contributed by atoms with Gasteiger partial charge in [-0.1, -0.05) is 30.3 Å². The van der Waals surface area contributed by atoms with Crippen LogP contribution in [0, 0.1) is 0 Å². The standard InChI is InChI=1S/C23H25N3O5/c27-20(24-13-12-17-5-2-1-3-6-17)16-31-22(29)15-25-23(30)18-8-10-19(11-9-18)26-14-4-7-21(26)28/h1-3,5-6,8-11H,4,7,12-16H2,(H,24,27)(H,25,30). The molecule has 2 aromatic carbocycles. The monoisotopic (exact) mass is 423 g/mol. The van der Waals surface area contributed by atoms with Gasteiger partial charge in [0.2, 0.25) is 5.91 Å². The maximum Gasteiger partial charge on any atom is 0.325 e. The fraction of sp³-hybridized carbons (Fsp3) is 0.304. The highest BCUT2D eigenvalue weighted by Crippen LogP contribution is 2.21. The molecule has 1 heterocycles. The number of hydrogen-bond acceptors (Lipinski definition) is 5. The van der Waals surface area contributed by atoms with Gasteiger partial charge >= 0.3 is 5.97 Å². The normalized spacial score (nSPS) is 13.0. The number of nitrogens with one attached hydrogen (secondary N) is 2. The molecule has 0 bridgehead atoms. The van der Waals surface area contributed by atoms with E-state index in [2.05, 4.69) is 10.6 Å². The Labute approximate surface area is 180 Å². The van der Waals surface area contributed by atoms with Gasteiger partial charge in [-0.3, -0.25) is 19.2 Å². The highest BCUT2D eigenvalue weighted by Gasteiger charge is 2.21. The molecule has 0 aliphatic carbocycles. The lowest BCUT2D eigenvalue weighted by atomic mass is 10.1. The van der Waals surface area contributed by atoms with Gasteiger partial charge < -0.3 is 20.3 Å². The number of rotatable bonds is 9. The van der Waals surface area contributed by atoms with E-state index in [1.54, 1.807) is 29.2 Å². The zero-order valence-corrected chi connectivity index (χ0v) is 17.1. The molecule has 3 amide bonds. The molecule has 2 N–H and O–H groups in total. The topological polar surface area (TPSA) is 105 Å². The van der Waals surface area contributed by atoms with E-state index < -0.39 is 24.4 Å². The van der Waals surface area contributed by atoms with E-state index in [1.165, 1.54) is 0 Å². The van der Waals surface area contributed by atoms with E-state index in [0.29, 0.717) is 31.5 Å². The summed E-state index contributed by atoms with van der Waals surface area (Å²) in [6.45, 7) is 0.372. The molecule has 1 saturated heterocycles. The fourth-order valence-corrected chi connectivity index (χ4v) is 3.21. The number of hydrogen-bond donors (Lipinski definition) is 2. The average Bonchev–Trinajstić information content (AvgIpc) is 3.22. The maximum atomic E-state index is 12.2. The van der Waals surface area contributed by atoms with Crippen molar-refractivity contribution in [3.8, 4) is 0 Å². The first-order valence-corrected chi connectivity index (χ1v) is 10.2. The molecule has 0 unspecified atom stereocenters. The van der Waals surface area contributed by atoms with Crippen LogP contribution in [-0.2, 0) is 25.5 Å². The van der Waals surface area contributed by atoms with Crippen LogP contribution in [-0.4, -0.2) is 49.9 Å². The predicted octanol–water partition coefficient (Wildman–Crippen LogP) is 1.45. The third-order valence-corrected chi connectivity index (χ3v) is 4.85. The quantitative estimate of drug-likeness (QED) is 0.594. The number of carbonyl (C=O) groups excluding carboxylic acids is 4. The van der Waals surface area contributed by atoms with Crippen LogP contribution in [0.25, 0.3) is 0 Å². The summed E-state index contributed by atoms with van der Waals surface area (Å²) in [5, 5.41) is 5.14. The third kappa shape index (κ3) is 6.67. The second kappa shape index (κ2) is 10.9. The van der Waals surface area contributed by atoms with E-state index in [1.807, 2.05) is 30.3 Å².